The molecule has 2 aromatic heterocycles. The zero-order chi connectivity index (χ0) is 26.4. The van der Waals surface area contributed by atoms with Gasteiger partial charge in [0.25, 0.3) is 15.9 Å². The number of nitrogens with zero attached hydrogens (tertiary/aromatic N) is 4. The maximum atomic E-state index is 13.1. The minimum Gasteiger partial charge on any atom is -0.493 e. The Balaban J connectivity index is 1.59. The van der Waals surface area contributed by atoms with Crippen molar-refractivity contribution in [2.45, 2.75) is 12.8 Å². The molecule has 0 amide bonds. The van der Waals surface area contributed by atoms with Crippen molar-refractivity contribution in [1.82, 2.24) is 19.9 Å². The number of aromatic nitrogens is 4. The molecular formula is C27H25N5O5S. The maximum absolute atomic E-state index is 13.1. The first-order valence-corrected chi connectivity index (χ1v) is 13.4. The van der Waals surface area contributed by atoms with Crippen LogP contribution in [0.3, 0.4) is 0 Å². The van der Waals surface area contributed by atoms with Crippen LogP contribution in [-0.4, -0.2) is 42.1 Å². The number of para-hydroxylation sites is 2. The molecule has 1 N–H and O–H groups in total. The van der Waals surface area contributed by atoms with Gasteiger partial charge in [0.1, 0.15) is 0 Å². The van der Waals surface area contributed by atoms with Crippen molar-refractivity contribution < 1.29 is 22.6 Å². The van der Waals surface area contributed by atoms with Gasteiger partial charge in [-0.05, 0) is 48.6 Å². The number of hydrogen-bond acceptors (Lipinski definition) is 9. The average Bonchev–Trinajstić information content (AvgIpc) is 3.78. The SMILES string of the molecule is COc1ccccc1Oc1c(NS(=O)(=O)/C=C/c2ccccc2)nc(-c2ncccn2)nc1OCC1CC1. The fourth-order valence-electron chi connectivity index (χ4n) is 3.40. The van der Waals surface area contributed by atoms with Gasteiger partial charge in [-0.3, -0.25) is 4.72 Å². The van der Waals surface area contributed by atoms with Gasteiger partial charge in [-0.2, -0.15) is 4.98 Å². The molecule has 194 valence electrons. The minimum absolute atomic E-state index is 0.00785. The van der Waals surface area contributed by atoms with Crippen LogP contribution in [0.15, 0.2) is 78.5 Å². The molecule has 11 heteroatoms. The number of methoxy groups -OCH3 is 1. The van der Waals surface area contributed by atoms with E-state index in [4.69, 9.17) is 14.2 Å². The Morgan fingerprint density at radius 2 is 1.63 bits per heavy atom. The molecule has 5 rings (SSSR count). The third-order valence-corrected chi connectivity index (χ3v) is 6.48. The van der Waals surface area contributed by atoms with E-state index in [1.54, 1.807) is 54.9 Å². The topological polar surface area (TPSA) is 125 Å². The van der Waals surface area contributed by atoms with Crippen LogP contribution in [0.4, 0.5) is 5.82 Å². The molecule has 1 aliphatic carbocycles. The Kier molecular flexibility index (Phi) is 7.45. The van der Waals surface area contributed by atoms with E-state index in [-0.39, 0.29) is 29.1 Å². The number of anilines is 1. The normalized spacial score (nSPS) is 13.3. The third-order valence-electron chi connectivity index (χ3n) is 5.51. The predicted molar refractivity (Wildman–Crippen MR) is 142 cm³/mol. The quantitative estimate of drug-likeness (QED) is 0.286. The molecule has 1 aliphatic rings. The van der Waals surface area contributed by atoms with Crippen molar-refractivity contribution in [3.8, 4) is 34.8 Å². The van der Waals surface area contributed by atoms with Gasteiger partial charge < -0.3 is 14.2 Å². The molecule has 0 aliphatic heterocycles. The summed E-state index contributed by atoms with van der Waals surface area (Å²) >= 11 is 0. The molecule has 0 atom stereocenters. The van der Waals surface area contributed by atoms with Crippen molar-refractivity contribution in [1.29, 1.82) is 0 Å². The van der Waals surface area contributed by atoms with Gasteiger partial charge in [0, 0.05) is 12.4 Å². The second-order valence-electron chi connectivity index (χ2n) is 8.47. The lowest BCUT2D eigenvalue weighted by molar-refractivity contribution is 0.273. The van der Waals surface area contributed by atoms with E-state index in [0.29, 0.717) is 24.0 Å². The average molecular weight is 532 g/mol. The van der Waals surface area contributed by atoms with Gasteiger partial charge in [0.2, 0.25) is 11.6 Å². The number of hydrogen-bond donors (Lipinski definition) is 1. The first kappa shape index (κ1) is 25.2. The summed E-state index contributed by atoms with van der Waals surface area (Å²) in [5.41, 5.74) is 0.720. The van der Waals surface area contributed by atoms with E-state index in [2.05, 4.69) is 24.7 Å². The second kappa shape index (κ2) is 11.3. The Hall–Kier alpha value is -4.51. The Labute approximate surface area is 220 Å². The van der Waals surface area contributed by atoms with E-state index in [9.17, 15) is 8.42 Å². The zero-order valence-corrected chi connectivity index (χ0v) is 21.3. The highest BCUT2D eigenvalue weighted by atomic mass is 32.2. The first-order chi connectivity index (χ1) is 18.5. The number of benzene rings is 2. The first-order valence-electron chi connectivity index (χ1n) is 11.9. The van der Waals surface area contributed by atoms with Gasteiger partial charge in [0.05, 0.1) is 19.1 Å². The minimum atomic E-state index is -4.03. The Bertz CT molecular complexity index is 1530. The molecule has 0 bridgehead atoms. The third kappa shape index (κ3) is 6.43. The highest BCUT2D eigenvalue weighted by molar-refractivity contribution is 7.95. The maximum Gasteiger partial charge on any atom is 0.263 e. The summed E-state index contributed by atoms with van der Waals surface area (Å²) < 4.78 is 46.3. The highest BCUT2D eigenvalue weighted by Gasteiger charge is 2.27. The van der Waals surface area contributed by atoms with Gasteiger partial charge in [0.15, 0.2) is 23.1 Å². The molecule has 2 aromatic carbocycles. The fraction of sp³-hybridized carbons (Fsp3) is 0.185. The zero-order valence-electron chi connectivity index (χ0n) is 20.5. The lowest BCUT2D eigenvalue weighted by Gasteiger charge is -2.17. The van der Waals surface area contributed by atoms with Crippen LogP contribution >= 0.6 is 0 Å². The van der Waals surface area contributed by atoms with Crippen LogP contribution in [0.5, 0.6) is 23.1 Å². The highest BCUT2D eigenvalue weighted by Crippen LogP contribution is 2.42. The largest absolute Gasteiger partial charge is 0.493 e. The molecule has 10 nitrogen and oxygen atoms in total. The standard InChI is InChI=1S/C27H25N5O5S/c1-35-21-10-5-6-11-22(21)37-23-24(32-38(33,34)17-14-19-8-3-2-4-9-19)30-26(25-28-15-7-16-29-25)31-27(23)36-18-20-12-13-20/h2-11,14-17,20H,12-13,18H2,1H3,(H,30,31,32)/b17-14+. The molecular weight excluding hydrogens is 506 g/mol. The lowest BCUT2D eigenvalue weighted by atomic mass is 10.2. The van der Waals surface area contributed by atoms with Crippen molar-refractivity contribution in [2.75, 3.05) is 18.4 Å². The van der Waals surface area contributed by atoms with E-state index >= 15 is 0 Å². The Morgan fingerprint density at radius 1 is 0.921 bits per heavy atom. The van der Waals surface area contributed by atoms with E-state index < -0.39 is 10.0 Å². The molecule has 4 aromatic rings. The van der Waals surface area contributed by atoms with E-state index in [1.165, 1.54) is 13.2 Å². The summed E-state index contributed by atoms with van der Waals surface area (Å²) in [5, 5.41) is 1.06. The van der Waals surface area contributed by atoms with Crippen LogP contribution in [0.1, 0.15) is 18.4 Å². The molecule has 0 saturated heterocycles. The summed E-state index contributed by atoms with van der Waals surface area (Å²) in [6.45, 7) is 0.397. The Morgan fingerprint density at radius 3 is 2.34 bits per heavy atom. The summed E-state index contributed by atoms with van der Waals surface area (Å²) in [6.07, 6.45) is 6.67. The second-order valence-corrected chi connectivity index (χ2v) is 10.0. The summed E-state index contributed by atoms with van der Waals surface area (Å²) in [7, 11) is -2.52. The smallest absolute Gasteiger partial charge is 0.263 e. The predicted octanol–water partition coefficient (Wildman–Crippen LogP) is 4.94. The number of rotatable bonds is 11. The van der Waals surface area contributed by atoms with Gasteiger partial charge >= 0.3 is 0 Å². The summed E-state index contributed by atoms with van der Waals surface area (Å²) in [4.78, 5) is 17.4. The summed E-state index contributed by atoms with van der Waals surface area (Å²) in [6, 6.07) is 17.7. The molecule has 2 heterocycles. The fourth-order valence-corrected chi connectivity index (χ4v) is 4.21. The van der Waals surface area contributed by atoms with E-state index in [1.807, 2.05) is 18.2 Å². The molecule has 0 radical (unpaired) electrons. The van der Waals surface area contributed by atoms with Crippen molar-refractivity contribution in [3.63, 3.8) is 0 Å². The van der Waals surface area contributed by atoms with E-state index in [0.717, 1.165) is 23.8 Å². The number of ether oxygens (including phenoxy) is 3. The number of sulfonamides is 1. The monoisotopic (exact) mass is 531 g/mol. The van der Waals surface area contributed by atoms with Crippen molar-refractivity contribution in [2.24, 2.45) is 5.92 Å². The van der Waals surface area contributed by atoms with Gasteiger partial charge in [-0.15, -0.1) is 0 Å². The number of nitrogens with one attached hydrogen (secondary N) is 1. The van der Waals surface area contributed by atoms with Crippen LogP contribution in [0.25, 0.3) is 17.7 Å². The van der Waals surface area contributed by atoms with Crippen molar-refractivity contribution in [3.05, 3.63) is 84.0 Å². The summed E-state index contributed by atoms with van der Waals surface area (Å²) in [5.74, 6) is 1.37. The van der Waals surface area contributed by atoms with Crippen LogP contribution in [0.2, 0.25) is 0 Å². The molecule has 1 saturated carbocycles. The van der Waals surface area contributed by atoms with Crippen molar-refractivity contribution >= 4 is 21.9 Å². The lowest BCUT2D eigenvalue weighted by Crippen LogP contribution is -2.14. The van der Waals surface area contributed by atoms with Crippen LogP contribution in [0, 0.1) is 5.92 Å². The van der Waals surface area contributed by atoms with Crippen LogP contribution < -0.4 is 18.9 Å². The van der Waals surface area contributed by atoms with Gasteiger partial charge in [-0.1, -0.05) is 42.5 Å². The molecule has 0 unspecified atom stereocenters. The van der Waals surface area contributed by atoms with Gasteiger partial charge in [-0.25, -0.2) is 23.4 Å². The molecule has 1 fully saturated rings. The molecule has 38 heavy (non-hydrogen) atoms. The molecule has 0 spiro atoms. The van der Waals surface area contributed by atoms with Crippen LogP contribution in [-0.2, 0) is 10.0 Å².